The van der Waals surface area contributed by atoms with Gasteiger partial charge in [-0.1, -0.05) is 57.3 Å². The van der Waals surface area contributed by atoms with Gasteiger partial charge < -0.3 is 4.74 Å². The van der Waals surface area contributed by atoms with Crippen molar-refractivity contribution >= 4 is 28.3 Å². The van der Waals surface area contributed by atoms with Crippen molar-refractivity contribution in [1.29, 1.82) is 0 Å². The third-order valence-electron chi connectivity index (χ3n) is 7.94. The molecule has 0 N–H and O–H groups in total. The fraction of sp³-hybridized carbons (Fsp3) is 0.714. The van der Waals surface area contributed by atoms with E-state index in [9.17, 15) is 43.2 Å². The first-order valence-electron chi connectivity index (χ1n) is 11.2. The zero-order chi connectivity index (χ0) is 27.5. The molecule has 1 aromatic carbocycles. The summed E-state index contributed by atoms with van der Waals surface area (Å²) in [6, 6.07) is 8.92. The van der Waals surface area contributed by atoms with Gasteiger partial charge >= 0.3 is 31.1 Å². The Morgan fingerprint density at radius 3 is 1.89 bits per heavy atom. The Hall–Kier alpha value is -1.16. The molecule has 3 aliphatic carbocycles. The zero-order valence-corrected chi connectivity index (χ0v) is 22.7. The second-order valence-corrected chi connectivity index (χ2v) is 19.6. The highest BCUT2D eigenvalue weighted by Crippen LogP contribution is 2.67. The molecule has 0 amide bonds. The van der Waals surface area contributed by atoms with Crippen molar-refractivity contribution in [2.75, 3.05) is 6.61 Å². The summed E-state index contributed by atoms with van der Waals surface area (Å²) in [6.45, 7) is 5.87. The molecule has 0 saturated heterocycles. The Morgan fingerprint density at radius 2 is 1.44 bits per heavy atom. The topological polar surface area (TPSA) is 80.8 Å². The monoisotopic (exact) mass is 581 g/mol. The second kappa shape index (κ2) is 9.24. The van der Waals surface area contributed by atoms with Gasteiger partial charge in [0.2, 0.25) is 0 Å². The van der Waals surface area contributed by atoms with E-state index in [1.165, 1.54) is 0 Å². The molecule has 3 fully saturated rings. The van der Waals surface area contributed by atoms with Gasteiger partial charge in [0.25, 0.3) is 0 Å². The number of fused-ring (bicyclic) bond motifs is 2. The van der Waals surface area contributed by atoms with Crippen LogP contribution in [0.1, 0.15) is 32.3 Å². The summed E-state index contributed by atoms with van der Waals surface area (Å²) in [5.74, 6) is -0.883. The average molecular weight is 582 g/mol. The third kappa shape index (κ3) is 4.85. The van der Waals surface area contributed by atoms with Crippen LogP contribution in [0.25, 0.3) is 0 Å². The van der Waals surface area contributed by atoms with Crippen LogP contribution >= 0.6 is 0 Å². The van der Waals surface area contributed by atoms with E-state index in [0.29, 0.717) is 6.42 Å². The number of hydrogen-bond acceptors (Lipinski definition) is 5. The quantitative estimate of drug-likeness (QED) is 0.301. The van der Waals surface area contributed by atoms with Crippen LogP contribution in [0.2, 0.25) is 18.6 Å². The number of benzene rings is 1. The first kappa shape index (κ1) is 29.4. The summed E-state index contributed by atoms with van der Waals surface area (Å²) in [4.78, 5) is 0. The molecule has 15 heteroatoms. The highest BCUT2D eigenvalue weighted by Gasteiger charge is 2.70. The van der Waals surface area contributed by atoms with Crippen LogP contribution in [-0.4, -0.2) is 46.1 Å². The van der Waals surface area contributed by atoms with Crippen LogP contribution in [0.3, 0.4) is 0 Å². The summed E-state index contributed by atoms with van der Waals surface area (Å²) in [6.07, 6.45) is 0.769. The predicted octanol–water partition coefficient (Wildman–Crippen LogP) is 5.46. The van der Waals surface area contributed by atoms with E-state index in [4.69, 9.17) is 4.74 Å². The molecule has 0 aliphatic heterocycles. The largest absolute Gasteiger partial charge is 0.512 e. The molecule has 4 rings (SSSR count). The molecular formula is C21H29F6NO5S2Si. The molecule has 4 atom stereocenters. The zero-order valence-electron chi connectivity index (χ0n) is 20.1. The van der Waals surface area contributed by atoms with Crippen molar-refractivity contribution in [3.63, 3.8) is 0 Å². The number of alkyl halides is 6. The smallest absolute Gasteiger partial charge is 0.376 e. The minimum Gasteiger partial charge on any atom is -0.376 e. The van der Waals surface area contributed by atoms with Crippen LogP contribution in [0.15, 0.2) is 30.3 Å². The van der Waals surface area contributed by atoms with Crippen LogP contribution < -0.4 is 0 Å². The molecule has 0 heterocycles. The third-order valence-corrected chi connectivity index (χ3v) is 18.8. The molecule has 0 aromatic heterocycles. The number of hydrogen-bond donors (Lipinski definition) is 0. The lowest BCUT2D eigenvalue weighted by Gasteiger charge is -2.65. The van der Waals surface area contributed by atoms with Gasteiger partial charge in [-0.25, -0.2) is 16.8 Å². The molecule has 1 aromatic rings. The molecule has 3 aliphatic rings. The first-order chi connectivity index (χ1) is 16.2. The normalized spacial score (nSPS) is 27.1. The van der Waals surface area contributed by atoms with Crippen molar-refractivity contribution < 1.29 is 47.9 Å². The summed E-state index contributed by atoms with van der Waals surface area (Å²) in [5, 5.41) is 0. The fourth-order valence-corrected chi connectivity index (χ4v) is 16.8. The number of halogens is 6. The molecule has 0 radical (unpaired) electrons. The van der Waals surface area contributed by atoms with Crippen LogP contribution in [0.5, 0.6) is 0 Å². The minimum atomic E-state index is -6.86. The molecule has 36 heavy (non-hydrogen) atoms. The fourth-order valence-electron chi connectivity index (χ4n) is 5.95. The SMILES string of the molecule is CC1(C)[C@@H]2C[C@H]1[C@H](COCc1ccccc1)[C@@H]([Si](C)(C)N(S(=O)(=O)C(F)(F)F)S(=O)(=O)C(F)(F)F)C2. The van der Waals surface area contributed by atoms with E-state index in [1.807, 2.05) is 13.8 Å². The second-order valence-electron chi connectivity index (χ2n) is 10.6. The number of ether oxygens (including phenoxy) is 1. The Balaban J connectivity index is 2.04. The Morgan fingerprint density at radius 1 is 0.944 bits per heavy atom. The van der Waals surface area contributed by atoms with Crippen LogP contribution in [0.4, 0.5) is 26.3 Å². The van der Waals surface area contributed by atoms with Gasteiger partial charge in [0, 0.05) is 0 Å². The van der Waals surface area contributed by atoms with Gasteiger partial charge in [0.15, 0.2) is 8.24 Å². The van der Waals surface area contributed by atoms with Crippen molar-refractivity contribution in [2.24, 2.45) is 23.2 Å². The summed E-state index contributed by atoms with van der Waals surface area (Å²) in [5.41, 5.74) is -13.0. The molecular weight excluding hydrogens is 552 g/mol. The average Bonchev–Trinajstić information content (AvgIpc) is 2.71. The lowest BCUT2D eigenvalue weighted by atomic mass is 9.45. The van der Waals surface area contributed by atoms with E-state index in [-0.39, 0.29) is 36.9 Å². The number of rotatable bonds is 8. The lowest BCUT2D eigenvalue weighted by molar-refractivity contribution is -0.126. The summed E-state index contributed by atoms with van der Waals surface area (Å²) in [7, 11) is -18.3. The van der Waals surface area contributed by atoms with Gasteiger partial charge in [-0.2, -0.15) is 26.3 Å². The van der Waals surface area contributed by atoms with E-state index in [0.717, 1.165) is 18.7 Å². The molecule has 0 unspecified atom stereocenters. The molecule has 6 nitrogen and oxygen atoms in total. The van der Waals surface area contributed by atoms with E-state index in [2.05, 4.69) is 0 Å². The minimum absolute atomic E-state index is 0.0528. The summed E-state index contributed by atoms with van der Waals surface area (Å²) >= 11 is 0. The van der Waals surface area contributed by atoms with Gasteiger partial charge in [-0.05, 0) is 47.1 Å². The van der Waals surface area contributed by atoms with E-state index < -0.39 is 54.1 Å². The van der Waals surface area contributed by atoms with Gasteiger partial charge in [-0.15, -0.1) is 3.38 Å². The predicted molar refractivity (Wildman–Crippen MR) is 123 cm³/mol. The van der Waals surface area contributed by atoms with Crippen molar-refractivity contribution in [3.05, 3.63) is 35.9 Å². The highest BCUT2D eigenvalue weighted by molar-refractivity contribution is 8.06. The van der Waals surface area contributed by atoms with Gasteiger partial charge in [-0.3, -0.25) is 0 Å². The van der Waals surface area contributed by atoms with Crippen molar-refractivity contribution in [3.8, 4) is 0 Å². The van der Waals surface area contributed by atoms with Crippen molar-refractivity contribution in [1.82, 2.24) is 3.38 Å². The molecule has 3 saturated carbocycles. The van der Waals surface area contributed by atoms with Crippen molar-refractivity contribution in [2.45, 2.75) is 62.9 Å². The lowest BCUT2D eigenvalue weighted by Crippen LogP contribution is -2.67. The van der Waals surface area contributed by atoms with Crippen LogP contribution in [-0.2, 0) is 31.4 Å². The maximum atomic E-state index is 13.5. The number of sulfonamides is 2. The molecule has 206 valence electrons. The Bertz CT molecular complexity index is 1130. The van der Waals surface area contributed by atoms with Gasteiger partial charge in [0.1, 0.15) is 0 Å². The van der Waals surface area contributed by atoms with Gasteiger partial charge in [0.05, 0.1) is 13.2 Å². The first-order valence-corrected chi connectivity index (χ1v) is 17.1. The van der Waals surface area contributed by atoms with Crippen LogP contribution in [0, 0.1) is 23.2 Å². The van der Waals surface area contributed by atoms with E-state index in [1.54, 1.807) is 30.3 Å². The summed E-state index contributed by atoms with van der Waals surface area (Å²) < 4.78 is 135. The Labute approximate surface area is 208 Å². The highest BCUT2D eigenvalue weighted by atomic mass is 32.3. The molecule has 2 bridgehead atoms. The Kier molecular flexibility index (Phi) is 7.54. The standard InChI is InChI=1S/C21H29F6NO5S2Si/c1-19(2)15-10-17(19)16(13-33-12-14-8-6-5-7-9-14)18(11-15)36(3,4)28(34(29,30)20(22,23)24)35(31,32)21(25,26)27/h5-9,15-18H,10-13H2,1-4H3/t15-,16+,17+,18+/m1/s1. The maximum absolute atomic E-state index is 13.5. The maximum Gasteiger partial charge on any atom is 0.512 e. The van der Waals surface area contributed by atoms with E-state index >= 15 is 0 Å². The number of nitrogens with zero attached hydrogens (tertiary/aromatic N) is 1. The molecule has 0 spiro atoms.